The van der Waals surface area contributed by atoms with Crippen LogP contribution in [-0.2, 0) is 4.79 Å². The van der Waals surface area contributed by atoms with Crippen molar-refractivity contribution in [2.75, 3.05) is 5.75 Å². The van der Waals surface area contributed by atoms with Crippen molar-refractivity contribution in [2.45, 2.75) is 25.0 Å². The molecule has 1 aliphatic heterocycles. The van der Waals surface area contributed by atoms with Crippen molar-refractivity contribution in [3.8, 4) is 0 Å². The van der Waals surface area contributed by atoms with Gasteiger partial charge in [0.25, 0.3) is 0 Å². The van der Waals surface area contributed by atoms with Gasteiger partial charge < -0.3 is 0 Å². The summed E-state index contributed by atoms with van der Waals surface area (Å²) < 4.78 is 0.0556. The van der Waals surface area contributed by atoms with Gasteiger partial charge in [0.2, 0.25) is 0 Å². The number of thioether (sulfide) groups is 1. The zero-order valence-corrected chi connectivity index (χ0v) is 7.20. The normalized spacial score (nSPS) is 23.6. The summed E-state index contributed by atoms with van der Waals surface area (Å²) in [6, 6.07) is 0. The van der Waals surface area contributed by atoms with E-state index in [1.807, 2.05) is 17.8 Å². The lowest BCUT2D eigenvalue weighted by molar-refractivity contribution is -0.105. The van der Waals surface area contributed by atoms with Crippen LogP contribution in [0.3, 0.4) is 0 Å². The minimum absolute atomic E-state index is 0.0556. The van der Waals surface area contributed by atoms with Gasteiger partial charge in [0.1, 0.15) is 6.29 Å². The number of hydrogen-bond acceptors (Lipinski definition) is 2. The molecule has 0 saturated heterocycles. The van der Waals surface area contributed by atoms with Crippen LogP contribution in [0.2, 0.25) is 0 Å². The zero-order valence-electron chi connectivity index (χ0n) is 6.39. The van der Waals surface area contributed by atoms with Crippen LogP contribution < -0.4 is 0 Å². The van der Waals surface area contributed by atoms with Gasteiger partial charge in [-0.15, -0.1) is 0 Å². The van der Waals surface area contributed by atoms with E-state index in [0.29, 0.717) is 0 Å². The lowest BCUT2D eigenvalue weighted by atomic mass is 10.0. The molecular weight excluding hydrogens is 144 g/mol. The summed E-state index contributed by atoms with van der Waals surface area (Å²) in [5, 5.41) is 0. The fourth-order valence-electron chi connectivity index (χ4n) is 1.05. The standard InChI is InChI=1S/C8H12OS/c1-8(2)7(6-9)4-3-5-10-8/h4,6H,3,5H2,1-2H3. The Bertz CT molecular complexity index is 170. The lowest BCUT2D eigenvalue weighted by Gasteiger charge is -2.27. The van der Waals surface area contributed by atoms with E-state index in [1.54, 1.807) is 0 Å². The summed E-state index contributed by atoms with van der Waals surface area (Å²) in [5.41, 5.74) is 0.948. The Morgan fingerprint density at radius 1 is 1.70 bits per heavy atom. The average Bonchev–Trinajstić information content (AvgIpc) is 1.87. The van der Waals surface area contributed by atoms with Crippen LogP contribution >= 0.6 is 11.8 Å². The highest BCUT2D eigenvalue weighted by Crippen LogP contribution is 2.35. The number of allylic oxidation sites excluding steroid dienone is 1. The van der Waals surface area contributed by atoms with E-state index in [9.17, 15) is 4.79 Å². The number of aldehydes is 1. The summed E-state index contributed by atoms with van der Waals surface area (Å²) >= 11 is 1.85. The second-order valence-electron chi connectivity index (χ2n) is 2.92. The zero-order chi connectivity index (χ0) is 7.61. The van der Waals surface area contributed by atoms with E-state index < -0.39 is 0 Å². The minimum Gasteiger partial charge on any atom is -0.298 e. The third-order valence-electron chi connectivity index (χ3n) is 1.77. The maximum absolute atomic E-state index is 10.5. The largest absolute Gasteiger partial charge is 0.298 e. The number of carbonyl (C=O) groups is 1. The molecule has 2 heteroatoms. The Hall–Kier alpha value is -0.240. The third kappa shape index (κ3) is 1.43. The van der Waals surface area contributed by atoms with E-state index >= 15 is 0 Å². The fourth-order valence-corrected chi connectivity index (χ4v) is 2.09. The highest BCUT2D eigenvalue weighted by molar-refractivity contribution is 8.00. The SMILES string of the molecule is CC1(C)SCCC=C1C=O. The first-order chi connectivity index (χ1) is 4.67. The summed E-state index contributed by atoms with van der Waals surface area (Å²) in [6.07, 6.45) is 4.07. The van der Waals surface area contributed by atoms with Gasteiger partial charge in [-0.05, 0) is 26.0 Å². The molecule has 0 unspecified atom stereocenters. The first-order valence-corrected chi connectivity index (χ1v) is 4.45. The number of rotatable bonds is 1. The van der Waals surface area contributed by atoms with Crippen molar-refractivity contribution in [1.29, 1.82) is 0 Å². The van der Waals surface area contributed by atoms with E-state index in [4.69, 9.17) is 0 Å². The predicted octanol–water partition coefficient (Wildman–Crippen LogP) is 2.03. The number of hydrogen-bond donors (Lipinski definition) is 0. The van der Waals surface area contributed by atoms with Gasteiger partial charge in [-0.25, -0.2) is 0 Å². The molecule has 1 nitrogen and oxygen atoms in total. The molecule has 0 saturated carbocycles. The van der Waals surface area contributed by atoms with E-state index in [-0.39, 0.29) is 4.75 Å². The molecule has 1 rings (SSSR count). The molecule has 0 radical (unpaired) electrons. The van der Waals surface area contributed by atoms with E-state index in [0.717, 1.165) is 24.0 Å². The molecule has 0 N–H and O–H groups in total. The van der Waals surface area contributed by atoms with Gasteiger partial charge in [-0.1, -0.05) is 6.08 Å². The molecular formula is C8H12OS. The quantitative estimate of drug-likeness (QED) is 0.540. The summed E-state index contributed by atoms with van der Waals surface area (Å²) in [5.74, 6) is 1.14. The van der Waals surface area contributed by atoms with Gasteiger partial charge in [-0.3, -0.25) is 4.79 Å². The fraction of sp³-hybridized carbons (Fsp3) is 0.625. The molecule has 1 heterocycles. The smallest absolute Gasteiger partial charge is 0.147 e. The lowest BCUT2D eigenvalue weighted by Crippen LogP contribution is -2.22. The molecule has 0 amide bonds. The van der Waals surface area contributed by atoms with Gasteiger partial charge in [0.15, 0.2) is 0 Å². The van der Waals surface area contributed by atoms with Gasteiger partial charge in [0.05, 0.1) is 0 Å². The van der Waals surface area contributed by atoms with Crippen LogP contribution in [0.15, 0.2) is 11.6 Å². The maximum Gasteiger partial charge on any atom is 0.147 e. The van der Waals surface area contributed by atoms with Crippen LogP contribution in [-0.4, -0.2) is 16.8 Å². The van der Waals surface area contributed by atoms with Crippen molar-refractivity contribution in [1.82, 2.24) is 0 Å². The monoisotopic (exact) mass is 156 g/mol. The molecule has 10 heavy (non-hydrogen) atoms. The summed E-state index contributed by atoms with van der Waals surface area (Å²) in [6.45, 7) is 4.19. The molecule has 0 bridgehead atoms. The van der Waals surface area contributed by atoms with Crippen molar-refractivity contribution in [2.24, 2.45) is 0 Å². The Kier molecular flexibility index (Phi) is 2.19. The average molecular weight is 156 g/mol. The molecule has 56 valence electrons. The Morgan fingerprint density at radius 3 is 2.80 bits per heavy atom. The second-order valence-corrected chi connectivity index (χ2v) is 4.64. The Balaban J connectivity index is 2.82. The van der Waals surface area contributed by atoms with E-state index in [1.165, 1.54) is 0 Å². The molecule has 0 aromatic carbocycles. The summed E-state index contributed by atoms with van der Waals surface area (Å²) in [4.78, 5) is 10.5. The van der Waals surface area contributed by atoms with Crippen molar-refractivity contribution in [3.63, 3.8) is 0 Å². The minimum atomic E-state index is 0.0556. The van der Waals surface area contributed by atoms with Gasteiger partial charge >= 0.3 is 0 Å². The highest BCUT2D eigenvalue weighted by Gasteiger charge is 2.25. The Labute approximate surface area is 65.9 Å². The molecule has 0 aromatic heterocycles. The second kappa shape index (κ2) is 2.79. The highest BCUT2D eigenvalue weighted by atomic mass is 32.2. The number of carbonyl (C=O) groups excluding carboxylic acids is 1. The van der Waals surface area contributed by atoms with Crippen molar-refractivity contribution < 1.29 is 4.79 Å². The first kappa shape index (κ1) is 7.86. The van der Waals surface area contributed by atoms with Crippen molar-refractivity contribution in [3.05, 3.63) is 11.6 Å². The van der Waals surface area contributed by atoms with Crippen LogP contribution in [0.4, 0.5) is 0 Å². The first-order valence-electron chi connectivity index (χ1n) is 3.46. The predicted molar refractivity (Wildman–Crippen MR) is 45.3 cm³/mol. The van der Waals surface area contributed by atoms with Crippen LogP contribution in [0.1, 0.15) is 20.3 Å². The van der Waals surface area contributed by atoms with Gasteiger partial charge in [-0.2, -0.15) is 11.8 Å². The third-order valence-corrected chi connectivity index (χ3v) is 3.16. The van der Waals surface area contributed by atoms with Crippen LogP contribution in [0.25, 0.3) is 0 Å². The topological polar surface area (TPSA) is 17.1 Å². The van der Waals surface area contributed by atoms with Gasteiger partial charge in [0, 0.05) is 10.3 Å². The molecule has 1 aliphatic rings. The molecule has 0 atom stereocenters. The van der Waals surface area contributed by atoms with E-state index in [2.05, 4.69) is 13.8 Å². The molecule has 0 aromatic rings. The molecule has 0 spiro atoms. The van der Waals surface area contributed by atoms with Crippen molar-refractivity contribution >= 4 is 18.0 Å². The molecule has 0 aliphatic carbocycles. The molecule has 0 fully saturated rings. The maximum atomic E-state index is 10.5. The Morgan fingerprint density at radius 2 is 2.40 bits per heavy atom. The summed E-state index contributed by atoms with van der Waals surface area (Å²) in [7, 11) is 0. The van der Waals surface area contributed by atoms with Crippen LogP contribution in [0.5, 0.6) is 0 Å². The van der Waals surface area contributed by atoms with Crippen LogP contribution in [0, 0.1) is 0 Å².